The molecule has 0 aromatic carbocycles. The number of nitrogens with zero attached hydrogens (tertiary/aromatic N) is 3. The Labute approximate surface area is 210 Å². The number of hydrogen-bond acceptors (Lipinski definition) is 4. The zero-order chi connectivity index (χ0) is 25.8. The maximum Gasteiger partial charge on any atom is 0.271 e. The van der Waals surface area contributed by atoms with Crippen LogP contribution in [-0.4, -0.2) is 58.2 Å². The van der Waals surface area contributed by atoms with Crippen molar-refractivity contribution in [3.8, 4) is 0 Å². The first-order valence-electron chi connectivity index (χ1n) is 12.8. The minimum Gasteiger partial charge on any atom is -0.350 e. The number of amides is 2. The molecule has 35 heavy (non-hydrogen) atoms. The van der Waals surface area contributed by atoms with Crippen LogP contribution in [0.25, 0.3) is 5.70 Å². The molecule has 0 bridgehead atoms. The molecule has 0 atom stereocenters. The van der Waals surface area contributed by atoms with Crippen molar-refractivity contribution >= 4 is 17.5 Å². The lowest BCUT2D eigenvalue weighted by Crippen LogP contribution is -2.64. The van der Waals surface area contributed by atoms with E-state index in [2.05, 4.69) is 41.1 Å². The van der Waals surface area contributed by atoms with Gasteiger partial charge in [0.05, 0.1) is 12.2 Å². The fourth-order valence-corrected chi connectivity index (χ4v) is 5.38. The predicted molar refractivity (Wildman–Crippen MR) is 142 cm³/mol. The van der Waals surface area contributed by atoms with Gasteiger partial charge in [-0.2, -0.15) is 5.10 Å². The van der Waals surface area contributed by atoms with E-state index < -0.39 is 0 Å². The lowest BCUT2D eigenvalue weighted by atomic mass is 9.57. The fraction of sp³-hybridized carbons (Fsp3) is 0.607. The van der Waals surface area contributed by atoms with Crippen LogP contribution in [0, 0.1) is 17.3 Å². The van der Waals surface area contributed by atoms with Crippen LogP contribution in [0.5, 0.6) is 0 Å². The van der Waals surface area contributed by atoms with E-state index in [4.69, 9.17) is 0 Å². The van der Waals surface area contributed by atoms with Gasteiger partial charge in [0.1, 0.15) is 0 Å². The SMILES string of the molecule is C=C/C=C(\C=C/C)n1nc(C(=O)NCC2CC3(C2)CN(CC(=O)NC(C)(C)C)C3)cc1CC(C)C. The summed E-state index contributed by atoms with van der Waals surface area (Å²) in [6.45, 7) is 19.2. The number of hydrogen-bond donors (Lipinski definition) is 2. The highest BCUT2D eigenvalue weighted by molar-refractivity contribution is 5.92. The Balaban J connectivity index is 1.50. The maximum absolute atomic E-state index is 12.9. The smallest absolute Gasteiger partial charge is 0.271 e. The molecule has 1 spiro atoms. The standard InChI is InChI=1S/C28H43N5O2/c1-8-10-22(11-9-2)33-23(12-20(3)4)13-24(31-33)26(35)29-16-21-14-28(15-21)18-32(19-28)17-25(34)30-27(5,6)7/h8-11,13,20-21H,1,12,14-19H2,2-7H3,(H,29,35)(H,30,34)/b11-9-,22-10+. The summed E-state index contributed by atoms with van der Waals surface area (Å²) in [7, 11) is 0. The Morgan fingerprint density at radius 2 is 1.97 bits per heavy atom. The zero-order valence-corrected chi connectivity index (χ0v) is 22.4. The monoisotopic (exact) mass is 481 g/mol. The summed E-state index contributed by atoms with van der Waals surface area (Å²) in [5, 5.41) is 10.8. The molecule has 2 fully saturated rings. The molecule has 2 N–H and O–H groups in total. The molecular weight excluding hydrogens is 438 g/mol. The summed E-state index contributed by atoms with van der Waals surface area (Å²) in [5.74, 6) is 0.903. The summed E-state index contributed by atoms with van der Waals surface area (Å²) < 4.78 is 1.85. The van der Waals surface area contributed by atoms with Crippen LogP contribution in [-0.2, 0) is 11.2 Å². The van der Waals surface area contributed by atoms with Gasteiger partial charge >= 0.3 is 0 Å². The molecule has 0 unspecified atom stereocenters. The van der Waals surface area contributed by atoms with Crippen LogP contribution in [0.2, 0.25) is 0 Å². The second kappa shape index (κ2) is 10.9. The third-order valence-electron chi connectivity index (χ3n) is 6.50. The molecule has 2 aliphatic rings. The van der Waals surface area contributed by atoms with Gasteiger partial charge in [0.25, 0.3) is 5.91 Å². The Hall–Kier alpha value is -2.67. The number of rotatable bonds is 10. The van der Waals surface area contributed by atoms with Gasteiger partial charge in [-0.3, -0.25) is 14.5 Å². The molecule has 2 heterocycles. The molecular formula is C28H43N5O2. The van der Waals surface area contributed by atoms with Crippen LogP contribution in [0.15, 0.2) is 36.9 Å². The predicted octanol–water partition coefficient (Wildman–Crippen LogP) is 4.04. The molecule has 3 rings (SSSR count). The first-order chi connectivity index (χ1) is 16.4. The molecule has 7 nitrogen and oxygen atoms in total. The Morgan fingerprint density at radius 3 is 2.54 bits per heavy atom. The van der Waals surface area contributed by atoms with Gasteiger partial charge in [-0.1, -0.05) is 32.6 Å². The second-order valence-electron chi connectivity index (χ2n) is 11.8. The minimum absolute atomic E-state index is 0.0901. The van der Waals surface area contributed by atoms with Gasteiger partial charge in [-0.25, -0.2) is 4.68 Å². The highest BCUT2D eigenvalue weighted by Gasteiger charge is 2.52. The lowest BCUT2D eigenvalue weighted by Gasteiger charge is -2.59. The van der Waals surface area contributed by atoms with E-state index >= 15 is 0 Å². The van der Waals surface area contributed by atoms with Crippen molar-refractivity contribution in [3.05, 3.63) is 48.3 Å². The van der Waals surface area contributed by atoms with E-state index in [1.807, 2.05) is 56.7 Å². The van der Waals surface area contributed by atoms with Crippen molar-refractivity contribution in [2.24, 2.45) is 17.3 Å². The summed E-state index contributed by atoms with van der Waals surface area (Å²) in [6.07, 6.45) is 10.6. The zero-order valence-electron chi connectivity index (χ0n) is 22.4. The number of aromatic nitrogens is 2. The summed E-state index contributed by atoms with van der Waals surface area (Å²) >= 11 is 0. The number of allylic oxidation sites excluding steroid dienone is 5. The maximum atomic E-state index is 12.9. The highest BCUT2D eigenvalue weighted by atomic mass is 16.2. The first kappa shape index (κ1) is 26.9. The number of nitrogens with one attached hydrogen (secondary N) is 2. The van der Waals surface area contributed by atoms with Crippen LogP contribution in [0.4, 0.5) is 0 Å². The van der Waals surface area contributed by atoms with Crippen LogP contribution in [0.1, 0.15) is 70.6 Å². The lowest BCUT2D eigenvalue weighted by molar-refractivity contribution is -0.133. The van der Waals surface area contributed by atoms with Gasteiger partial charge in [0.15, 0.2) is 5.69 Å². The van der Waals surface area contributed by atoms with Gasteiger partial charge in [0, 0.05) is 30.9 Å². The van der Waals surface area contributed by atoms with E-state index in [0.717, 1.165) is 43.7 Å². The third-order valence-corrected chi connectivity index (χ3v) is 6.50. The van der Waals surface area contributed by atoms with E-state index in [1.54, 1.807) is 6.08 Å². The molecule has 1 saturated heterocycles. The van der Waals surface area contributed by atoms with Gasteiger partial charge in [-0.15, -0.1) is 0 Å². The first-order valence-corrected chi connectivity index (χ1v) is 12.8. The van der Waals surface area contributed by atoms with Crippen molar-refractivity contribution in [1.29, 1.82) is 0 Å². The fourth-order valence-electron chi connectivity index (χ4n) is 5.38. The largest absolute Gasteiger partial charge is 0.350 e. The van der Waals surface area contributed by atoms with Crippen molar-refractivity contribution < 1.29 is 9.59 Å². The van der Waals surface area contributed by atoms with Gasteiger partial charge < -0.3 is 10.6 Å². The molecule has 2 amide bonds. The number of carbonyl (C=O) groups excluding carboxylic acids is 2. The molecule has 0 radical (unpaired) electrons. The Morgan fingerprint density at radius 1 is 1.29 bits per heavy atom. The van der Waals surface area contributed by atoms with Crippen molar-refractivity contribution in [2.45, 2.75) is 66.3 Å². The molecule has 1 saturated carbocycles. The van der Waals surface area contributed by atoms with Crippen LogP contribution in [0.3, 0.4) is 0 Å². The number of carbonyl (C=O) groups is 2. The molecule has 1 aliphatic heterocycles. The van der Waals surface area contributed by atoms with E-state index in [1.165, 1.54) is 0 Å². The Kier molecular flexibility index (Phi) is 8.42. The third kappa shape index (κ3) is 7.17. The normalized spacial score (nSPS) is 18.5. The molecule has 7 heteroatoms. The van der Waals surface area contributed by atoms with Gasteiger partial charge in [-0.05, 0) is 82.4 Å². The minimum atomic E-state index is -0.193. The Bertz CT molecular complexity index is 981. The molecule has 1 aromatic rings. The van der Waals surface area contributed by atoms with E-state index in [0.29, 0.717) is 36.0 Å². The van der Waals surface area contributed by atoms with Crippen molar-refractivity contribution in [2.75, 3.05) is 26.2 Å². The van der Waals surface area contributed by atoms with Crippen LogP contribution >= 0.6 is 0 Å². The summed E-state index contributed by atoms with van der Waals surface area (Å²) in [6, 6.07) is 1.91. The second-order valence-corrected chi connectivity index (χ2v) is 11.8. The van der Waals surface area contributed by atoms with Crippen molar-refractivity contribution in [3.63, 3.8) is 0 Å². The average molecular weight is 482 g/mol. The highest BCUT2D eigenvalue weighted by Crippen LogP contribution is 2.51. The topological polar surface area (TPSA) is 79.3 Å². The molecule has 192 valence electrons. The number of likely N-dealkylation sites (tertiary alicyclic amines) is 1. The quantitative estimate of drug-likeness (QED) is 0.495. The molecule has 1 aromatic heterocycles. The summed E-state index contributed by atoms with van der Waals surface area (Å²) in [4.78, 5) is 27.3. The van der Waals surface area contributed by atoms with Gasteiger partial charge in [0.2, 0.25) is 5.91 Å². The summed E-state index contributed by atoms with van der Waals surface area (Å²) in [5.41, 5.74) is 2.50. The van der Waals surface area contributed by atoms with Crippen molar-refractivity contribution in [1.82, 2.24) is 25.3 Å². The average Bonchev–Trinajstić information content (AvgIpc) is 3.09. The van der Waals surface area contributed by atoms with Crippen LogP contribution < -0.4 is 10.6 Å². The molecule has 1 aliphatic carbocycles. The van der Waals surface area contributed by atoms with E-state index in [9.17, 15) is 9.59 Å². The van der Waals surface area contributed by atoms with E-state index in [-0.39, 0.29) is 17.4 Å².